The molecule has 2 saturated carbocycles. The lowest BCUT2D eigenvalue weighted by atomic mass is 9.80. The monoisotopic (exact) mass is 344 g/mol. The van der Waals surface area contributed by atoms with Crippen LogP contribution in [0.4, 0.5) is 0 Å². The molecule has 3 atom stereocenters. The summed E-state index contributed by atoms with van der Waals surface area (Å²) in [6.45, 7) is 3.07. The number of amides is 1. The lowest BCUT2D eigenvalue weighted by molar-refractivity contribution is -0.135. The third-order valence-electron chi connectivity index (χ3n) is 6.67. The number of hydrogen-bond donors (Lipinski definition) is 2. The van der Waals surface area contributed by atoms with E-state index in [1.54, 1.807) is 0 Å². The highest BCUT2D eigenvalue weighted by Gasteiger charge is 2.53. The van der Waals surface area contributed by atoms with Crippen LogP contribution in [0.5, 0.6) is 0 Å². The summed E-state index contributed by atoms with van der Waals surface area (Å²) < 4.78 is 4.81. The molecule has 0 aromatic carbocycles. The van der Waals surface area contributed by atoms with E-state index >= 15 is 0 Å². The van der Waals surface area contributed by atoms with Crippen molar-refractivity contribution in [1.82, 2.24) is 10.6 Å². The van der Waals surface area contributed by atoms with Gasteiger partial charge >= 0.3 is 5.97 Å². The van der Waals surface area contributed by atoms with Crippen LogP contribution < -0.4 is 10.6 Å². The van der Waals surface area contributed by atoms with Gasteiger partial charge in [0.15, 0.2) is 0 Å². The topological polar surface area (TPSA) is 67.4 Å². The van der Waals surface area contributed by atoms with Crippen molar-refractivity contribution >= 4 is 11.9 Å². The van der Waals surface area contributed by atoms with E-state index in [0.717, 1.165) is 25.8 Å². The molecule has 25 heavy (non-hydrogen) atoms. The van der Waals surface area contributed by atoms with Crippen LogP contribution in [-0.4, -0.2) is 37.1 Å². The lowest BCUT2D eigenvalue weighted by Gasteiger charge is -2.35. The van der Waals surface area contributed by atoms with Crippen molar-refractivity contribution in [2.24, 2.45) is 17.3 Å². The van der Waals surface area contributed by atoms with Crippen LogP contribution in [0.3, 0.4) is 0 Å². The summed E-state index contributed by atoms with van der Waals surface area (Å²) >= 11 is 0. The Hall–Kier alpha value is -1.62. The minimum absolute atomic E-state index is 0.0437. The Kier molecular flexibility index (Phi) is 4.02. The second-order valence-electron chi connectivity index (χ2n) is 8.46. The van der Waals surface area contributed by atoms with Gasteiger partial charge in [-0.05, 0) is 56.4 Å². The molecule has 5 nitrogen and oxygen atoms in total. The molecule has 0 radical (unpaired) electrons. The number of piperidine rings is 1. The molecular formula is C20H28N2O3. The maximum atomic E-state index is 12.9. The van der Waals surface area contributed by atoms with Crippen LogP contribution in [0, 0.1) is 17.3 Å². The third kappa shape index (κ3) is 3.14. The second-order valence-corrected chi connectivity index (χ2v) is 8.46. The Labute approximate surface area is 149 Å². The summed E-state index contributed by atoms with van der Waals surface area (Å²) in [5, 5.41) is 6.77. The van der Waals surface area contributed by atoms with Gasteiger partial charge in [-0.25, -0.2) is 4.79 Å². The van der Waals surface area contributed by atoms with Crippen molar-refractivity contribution in [2.45, 2.75) is 57.0 Å². The highest BCUT2D eigenvalue weighted by atomic mass is 16.5. The number of ether oxygens (including phenoxy) is 1. The van der Waals surface area contributed by atoms with E-state index in [4.69, 9.17) is 4.74 Å². The molecule has 1 heterocycles. The SMILES string of the molecule is COC(=O)C1=CC(C)C(C2(NC(=O)[C@H]3CC4(CCN3)CC4)CC2)C=C1. The zero-order valence-corrected chi connectivity index (χ0v) is 15.1. The molecule has 3 aliphatic carbocycles. The van der Waals surface area contributed by atoms with Gasteiger partial charge in [0.25, 0.3) is 0 Å². The van der Waals surface area contributed by atoms with Gasteiger partial charge in [0.1, 0.15) is 0 Å². The van der Waals surface area contributed by atoms with Gasteiger partial charge in [-0.3, -0.25) is 4.79 Å². The number of carbonyl (C=O) groups excluding carboxylic acids is 2. The van der Waals surface area contributed by atoms with E-state index in [9.17, 15) is 9.59 Å². The first-order valence-electron chi connectivity index (χ1n) is 9.51. The summed E-state index contributed by atoms with van der Waals surface area (Å²) in [6.07, 6.45) is 12.7. The van der Waals surface area contributed by atoms with Gasteiger partial charge in [0.05, 0.1) is 18.7 Å². The Morgan fingerprint density at radius 2 is 2.00 bits per heavy atom. The maximum absolute atomic E-state index is 12.9. The van der Waals surface area contributed by atoms with Crippen LogP contribution in [0.25, 0.3) is 0 Å². The fraction of sp³-hybridized carbons (Fsp3) is 0.700. The largest absolute Gasteiger partial charge is 0.465 e. The number of hydrogen-bond acceptors (Lipinski definition) is 4. The summed E-state index contributed by atoms with van der Waals surface area (Å²) in [5.41, 5.74) is 0.930. The average Bonchev–Trinajstić information content (AvgIpc) is 3.53. The molecule has 1 spiro atoms. The number of rotatable bonds is 4. The predicted octanol–water partition coefficient (Wildman–Crippen LogP) is 2.09. The van der Waals surface area contributed by atoms with Crippen LogP contribution in [0.1, 0.15) is 45.4 Å². The molecule has 0 bridgehead atoms. The Bertz CT molecular complexity index is 643. The molecule has 2 unspecified atom stereocenters. The molecule has 4 rings (SSSR count). The molecule has 0 aromatic heterocycles. The first-order valence-corrected chi connectivity index (χ1v) is 9.51. The van der Waals surface area contributed by atoms with Crippen LogP contribution in [0.15, 0.2) is 23.8 Å². The van der Waals surface area contributed by atoms with E-state index < -0.39 is 0 Å². The van der Waals surface area contributed by atoms with Gasteiger partial charge in [-0.1, -0.05) is 25.2 Å². The number of nitrogens with one attached hydrogen (secondary N) is 2. The second kappa shape index (κ2) is 5.97. The van der Waals surface area contributed by atoms with E-state index in [2.05, 4.69) is 23.6 Å². The minimum Gasteiger partial charge on any atom is -0.465 e. The molecule has 1 saturated heterocycles. The Morgan fingerprint density at radius 1 is 1.24 bits per heavy atom. The van der Waals surface area contributed by atoms with E-state index in [1.165, 1.54) is 26.4 Å². The van der Waals surface area contributed by atoms with Crippen LogP contribution in [-0.2, 0) is 14.3 Å². The number of carbonyl (C=O) groups is 2. The highest BCUT2D eigenvalue weighted by Crippen LogP contribution is 2.54. The summed E-state index contributed by atoms with van der Waals surface area (Å²) in [5.74, 6) is 0.308. The molecule has 5 heteroatoms. The molecule has 136 valence electrons. The average molecular weight is 344 g/mol. The normalized spacial score (nSPS) is 34.2. The molecule has 2 N–H and O–H groups in total. The van der Waals surface area contributed by atoms with Gasteiger partial charge in [0, 0.05) is 11.5 Å². The minimum atomic E-state index is -0.295. The highest BCUT2D eigenvalue weighted by molar-refractivity contribution is 5.91. The van der Waals surface area contributed by atoms with E-state index in [1.807, 2.05) is 12.2 Å². The Balaban J connectivity index is 1.41. The first kappa shape index (κ1) is 16.8. The smallest absolute Gasteiger partial charge is 0.337 e. The zero-order valence-electron chi connectivity index (χ0n) is 15.1. The summed E-state index contributed by atoms with van der Waals surface area (Å²) in [6, 6.07) is -0.0437. The summed E-state index contributed by atoms with van der Waals surface area (Å²) in [4.78, 5) is 24.6. The predicted molar refractivity (Wildman–Crippen MR) is 94.7 cm³/mol. The van der Waals surface area contributed by atoms with Gasteiger partial charge in [-0.2, -0.15) is 0 Å². The Morgan fingerprint density at radius 3 is 2.60 bits per heavy atom. The molecule has 3 fully saturated rings. The molecule has 4 aliphatic rings. The van der Waals surface area contributed by atoms with Crippen LogP contribution in [0.2, 0.25) is 0 Å². The third-order valence-corrected chi connectivity index (χ3v) is 6.67. The van der Waals surface area contributed by atoms with Crippen LogP contribution >= 0.6 is 0 Å². The van der Waals surface area contributed by atoms with E-state index in [0.29, 0.717) is 11.0 Å². The number of allylic oxidation sites excluding steroid dienone is 1. The van der Waals surface area contributed by atoms with Crippen molar-refractivity contribution in [3.05, 3.63) is 23.8 Å². The fourth-order valence-electron chi connectivity index (χ4n) is 4.71. The number of esters is 1. The van der Waals surface area contributed by atoms with Gasteiger partial charge in [0.2, 0.25) is 5.91 Å². The summed E-state index contributed by atoms with van der Waals surface area (Å²) in [7, 11) is 1.40. The molecular weight excluding hydrogens is 316 g/mol. The first-order chi connectivity index (χ1) is 12.0. The zero-order chi connectivity index (χ0) is 17.7. The molecule has 1 aliphatic heterocycles. The quantitative estimate of drug-likeness (QED) is 0.767. The van der Waals surface area contributed by atoms with Crippen molar-refractivity contribution in [3.63, 3.8) is 0 Å². The molecule has 1 amide bonds. The van der Waals surface area contributed by atoms with Gasteiger partial charge in [-0.15, -0.1) is 0 Å². The van der Waals surface area contributed by atoms with Crippen molar-refractivity contribution in [2.75, 3.05) is 13.7 Å². The molecule has 0 aromatic rings. The fourth-order valence-corrected chi connectivity index (χ4v) is 4.71. The van der Waals surface area contributed by atoms with Crippen molar-refractivity contribution in [3.8, 4) is 0 Å². The maximum Gasteiger partial charge on any atom is 0.337 e. The lowest BCUT2D eigenvalue weighted by Crippen LogP contribution is -2.54. The number of methoxy groups -OCH3 is 1. The van der Waals surface area contributed by atoms with E-state index in [-0.39, 0.29) is 35.3 Å². The van der Waals surface area contributed by atoms with Gasteiger partial charge < -0.3 is 15.4 Å². The van der Waals surface area contributed by atoms with Crippen molar-refractivity contribution < 1.29 is 14.3 Å². The standard InChI is InChI=1S/C20H28N2O3/c1-13-11-14(18(24)25-2)3-4-15(13)20(7-8-20)22-17(23)16-12-19(5-6-19)9-10-21-16/h3-4,11,13,15-16,21H,5-10,12H2,1-2H3,(H,22,23)/t13?,15?,16-/m1/s1. The van der Waals surface area contributed by atoms with Crippen molar-refractivity contribution in [1.29, 1.82) is 0 Å².